The van der Waals surface area contributed by atoms with E-state index in [9.17, 15) is 0 Å². The third kappa shape index (κ3) is 6.07. The van der Waals surface area contributed by atoms with E-state index in [4.69, 9.17) is 4.98 Å². The van der Waals surface area contributed by atoms with E-state index >= 15 is 0 Å². The number of rotatable bonds is 13. The molecule has 4 rings (SSSR count). The van der Waals surface area contributed by atoms with Crippen LogP contribution in [0.15, 0.2) is 77.3 Å². The number of benzene rings is 3. The number of hydrogen-bond acceptors (Lipinski definition) is 1. The normalized spacial score (nSPS) is 13.1. The van der Waals surface area contributed by atoms with E-state index in [1.54, 1.807) is 0 Å². The zero-order valence-electron chi connectivity index (χ0n) is 22.6. The summed E-state index contributed by atoms with van der Waals surface area (Å²) in [6.45, 7) is 7.77. The number of imidazole rings is 1. The van der Waals surface area contributed by atoms with Crippen molar-refractivity contribution in [2.45, 2.75) is 65.8 Å². The molecule has 0 saturated heterocycles. The summed E-state index contributed by atoms with van der Waals surface area (Å²) in [6.07, 6.45) is 11.3. The second-order valence-electron chi connectivity index (χ2n) is 10.4. The predicted molar refractivity (Wildman–Crippen MR) is 173 cm³/mol. The van der Waals surface area contributed by atoms with Crippen molar-refractivity contribution < 1.29 is 0 Å². The Labute approximate surface area is 240 Å². The van der Waals surface area contributed by atoms with Gasteiger partial charge in [-0.3, -0.25) is 0 Å². The SMILES string of the molecule is CCCCP(Br)(CCCC)(CCCC)c1ccccc1-c1nc2ccccc2n1Cc1ccccc1Br. The summed E-state index contributed by atoms with van der Waals surface area (Å²) in [5, 5.41) is -0.862. The van der Waals surface area contributed by atoms with Crippen LogP contribution in [0.3, 0.4) is 0 Å². The topological polar surface area (TPSA) is 17.8 Å². The van der Waals surface area contributed by atoms with Crippen LogP contribution in [0.25, 0.3) is 22.4 Å². The summed E-state index contributed by atoms with van der Waals surface area (Å²) in [4.78, 5) is 5.30. The Balaban J connectivity index is 1.97. The van der Waals surface area contributed by atoms with Gasteiger partial charge in [0, 0.05) is 0 Å². The molecule has 0 unspecified atom stereocenters. The molecule has 0 spiro atoms. The summed E-state index contributed by atoms with van der Waals surface area (Å²) >= 11 is 8.48. The minimum atomic E-state index is -2.40. The van der Waals surface area contributed by atoms with E-state index in [0.717, 1.165) is 22.4 Å². The van der Waals surface area contributed by atoms with Crippen LogP contribution in [0.2, 0.25) is 0 Å². The Kier molecular flexibility index (Phi) is 9.70. The van der Waals surface area contributed by atoms with Crippen LogP contribution in [0.1, 0.15) is 64.9 Å². The first-order chi connectivity index (χ1) is 17.9. The maximum absolute atomic E-state index is 5.30. The van der Waals surface area contributed by atoms with Crippen molar-refractivity contribution in [3.8, 4) is 11.4 Å². The molecule has 1 aromatic heterocycles. The van der Waals surface area contributed by atoms with E-state index < -0.39 is 5.31 Å². The zero-order valence-corrected chi connectivity index (χ0v) is 26.7. The molecule has 37 heavy (non-hydrogen) atoms. The number of hydrogen-bond donors (Lipinski definition) is 0. The number of unbranched alkanes of at least 4 members (excludes halogenated alkanes) is 3. The molecule has 0 bridgehead atoms. The Morgan fingerprint density at radius 1 is 0.730 bits per heavy atom. The van der Waals surface area contributed by atoms with Gasteiger partial charge in [-0.1, -0.05) is 0 Å². The molecule has 4 aromatic rings. The molecule has 0 aliphatic heterocycles. The number of halogens is 2. The second kappa shape index (κ2) is 12.6. The third-order valence-corrected chi connectivity index (χ3v) is 18.5. The molecule has 3 aromatic carbocycles. The predicted octanol–water partition coefficient (Wildman–Crippen LogP) is 10.4. The molecular weight excluding hydrogens is 603 g/mol. The van der Waals surface area contributed by atoms with E-state index in [1.165, 1.54) is 79.0 Å². The van der Waals surface area contributed by atoms with E-state index in [2.05, 4.69) is 130 Å². The summed E-state index contributed by atoms with van der Waals surface area (Å²) in [6, 6.07) is 26.4. The Morgan fingerprint density at radius 2 is 1.30 bits per heavy atom. The van der Waals surface area contributed by atoms with Crippen molar-refractivity contribution in [3.63, 3.8) is 0 Å². The Morgan fingerprint density at radius 3 is 1.95 bits per heavy atom. The number of para-hydroxylation sites is 2. The van der Waals surface area contributed by atoms with E-state index in [1.807, 2.05) is 0 Å². The van der Waals surface area contributed by atoms with Crippen LogP contribution in [-0.2, 0) is 6.54 Å². The Bertz CT molecular complexity index is 1300. The first-order valence-electron chi connectivity index (χ1n) is 13.9. The van der Waals surface area contributed by atoms with Crippen molar-refractivity contribution in [1.82, 2.24) is 9.55 Å². The number of fused-ring (bicyclic) bond motifs is 1. The van der Waals surface area contributed by atoms with Gasteiger partial charge in [0.05, 0.1) is 0 Å². The fourth-order valence-corrected chi connectivity index (χ4v) is 15.0. The van der Waals surface area contributed by atoms with Crippen molar-refractivity contribution >= 4 is 53.1 Å². The molecule has 1 heterocycles. The van der Waals surface area contributed by atoms with Gasteiger partial charge in [-0.25, -0.2) is 0 Å². The molecule has 0 aliphatic carbocycles. The minimum absolute atomic E-state index is 0.780. The molecule has 0 fully saturated rings. The van der Waals surface area contributed by atoms with Gasteiger partial charge in [-0.05, 0) is 0 Å². The van der Waals surface area contributed by atoms with E-state index in [0.29, 0.717) is 0 Å². The fourth-order valence-electron chi connectivity index (χ4n) is 5.65. The average Bonchev–Trinajstić information content (AvgIpc) is 3.29. The van der Waals surface area contributed by atoms with Gasteiger partial charge < -0.3 is 0 Å². The molecule has 0 amide bonds. The van der Waals surface area contributed by atoms with Crippen LogP contribution in [0.4, 0.5) is 0 Å². The molecule has 0 radical (unpaired) electrons. The average molecular weight is 644 g/mol. The van der Waals surface area contributed by atoms with Crippen molar-refractivity contribution in [1.29, 1.82) is 0 Å². The Hall–Kier alpha value is -1.48. The first-order valence-corrected chi connectivity index (χ1v) is 19.6. The van der Waals surface area contributed by atoms with Gasteiger partial charge in [0.2, 0.25) is 0 Å². The van der Waals surface area contributed by atoms with Gasteiger partial charge >= 0.3 is 241 Å². The zero-order chi connectivity index (χ0) is 26.3. The first kappa shape index (κ1) is 28.5. The third-order valence-electron chi connectivity index (χ3n) is 7.76. The van der Waals surface area contributed by atoms with Gasteiger partial charge in [0.25, 0.3) is 0 Å². The van der Waals surface area contributed by atoms with Crippen LogP contribution in [0.5, 0.6) is 0 Å². The van der Waals surface area contributed by atoms with Crippen LogP contribution in [0, 0.1) is 0 Å². The molecule has 2 nitrogen and oxygen atoms in total. The van der Waals surface area contributed by atoms with E-state index in [-0.39, 0.29) is 0 Å². The van der Waals surface area contributed by atoms with Gasteiger partial charge in [-0.2, -0.15) is 0 Å². The summed E-state index contributed by atoms with van der Waals surface area (Å²) < 4.78 is 3.57. The number of aromatic nitrogens is 2. The standard InChI is InChI=1S/C32H41Br2N2P/c1-4-7-22-37(34,23-8-5-2,24-9-6-3)31-21-15-11-17-27(31)32-35-29-19-13-14-20-30(29)36(32)25-26-16-10-12-18-28(26)33/h10-21H,4-9,22-25H2,1-3H3. The molecule has 0 saturated carbocycles. The van der Waals surface area contributed by atoms with Gasteiger partial charge in [0.1, 0.15) is 0 Å². The van der Waals surface area contributed by atoms with Crippen LogP contribution in [-0.4, -0.2) is 28.0 Å². The van der Waals surface area contributed by atoms with Crippen molar-refractivity contribution in [3.05, 3.63) is 82.8 Å². The van der Waals surface area contributed by atoms with Crippen molar-refractivity contribution in [2.75, 3.05) is 18.5 Å². The molecule has 198 valence electrons. The van der Waals surface area contributed by atoms with Crippen LogP contribution < -0.4 is 5.30 Å². The molecule has 0 atom stereocenters. The summed E-state index contributed by atoms with van der Waals surface area (Å²) in [5.74, 6) is 1.09. The molecule has 0 N–H and O–H groups in total. The quantitative estimate of drug-likeness (QED) is 0.133. The summed E-state index contributed by atoms with van der Waals surface area (Å²) in [5.41, 5.74) is 4.82. The monoisotopic (exact) mass is 642 g/mol. The summed E-state index contributed by atoms with van der Waals surface area (Å²) in [7, 11) is 0. The maximum atomic E-state index is 5.30. The second-order valence-corrected chi connectivity index (χ2v) is 21.9. The van der Waals surface area contributed by atoms with Gasteiger partial charge in [-0.15, -0.1) is 0 Å². The number of nitrogens with zero attached hydrogens (tertiary/aromatic N) is 2. The van der Waals surface area contributed by atoms with Crippen LogP contribution >= 0.6 is 36.7 Å². The van der Waals surface area contributed by atoms with Gasteiger partial charge in [0.15, 0.2) is 0 Å². The van der Waals surface area contributed by atoms with Crippen molar-refractivity contribution in [2.24, 2.45) is 0 Å². The fraction of sp³-hybridized carbons (Fsp3) is 0.406. The molecular formula is C32H41Br2N2P. The molecule has 0 aliphatic rings. The molecule has 5 heteroatoms.